The first kappa shape index (κ1) is 15.6. The van der Waals surface area contributed by atoms with Crippen LogP contribution in [0.25, 0.3) is 0 Å². The number of hydrogen-bond acceptors (Lipinski definition) is 4. The maximum atomic E-state index is 5.89. The van der Waals surface area contributed by atoms with E-state index >= 15 is 0 Å². The summed E-state index contributed by atoms with van der Waals surface area (Å²) in [6, 6.07) is 2.78. The zero-order chi connectivity index (χ0) is 13.5. The molecule has 3 nitrogen and oxygen atoms in total. The molecule has 4 heteroatoms. The van der Waals surface area contributed by atoms with Crippen molar-refractivity contribution in [2.24, 2.45) is 0 Å². The van der Waals surface area contributed by atoms with Gasteiger partial charge in [-0.2, -0.15) is 11.8 Å². The molecule has 0 saturated carbocycles. The molecule has 0 spiro atoms. The summed E-state index contributed by atoms with van der Waals surface area (Å²) in [6.45, 7) is 6.05. The number of hydrogen-bond donors (Lipinski definition) is 1. The van der Waals surface area contributed by atoms with Gasteiger partial charge >= 0.3 is 0 Å². The molecule has 1 aromatic rings. The number of rotatable bonds is 8. The number of nitrogens with one attached hydrogen (secondary N) is 1. The van der Waals surface area contributed by atoms with Crippen LogP contribution >= 0.6 is 11.8 Å². The van der Waals surface area contributed by atoms with E-state index in [0.29, 0.717) is 6.04 Å². The third-order valence-electron chi connectivity index (χ3n) is 3.27. The molecule has 1 rings (SSSR count). The monoisotopic (exact) mass is 270 g/mol. The van der Waals surface area contributed by atoms with Crippen LogP contribution in [0, 0.1) is 6.92 Å². The van der Waals surface area contributed by atoms with E-state index < -0.39 is 0 Å². The smallest absolute Gasteiger partial charge is 0.120 e. The Morgan fingerprint density at radius 1 is 1.50 bits per heavy atom. The van der Waals surface area contributed by atoms with Gasteiger partial charge in [0, 0.05) is 11.8 Å². The highest BCUT2D eigenvalue weighted by Crippen LogP contribution is 2.18. The van der Waals surface area contributed by atoms with Gasteiger partial charge in [-0.15, -0.1) is 0 Å². The van der Waals surface area contributed by atoms with Crippen molar-refractivity contribution in [1.29, 1.82) is 0 Å². The molecule has 104 valence electrons. The maximum Gasteiger partial charge on any atom is 0.120 e. The van der Waals surface area contributed by atoms with E-state index in [1.165, 1.54) is 17.7 Å². The van der Waals surface area contributed by atoms with E-state index in [1.54, 1.807) is 0 Å². The van der Waals surface area contributed by atoms with Gasteiger partial charge in [-0.25, -0.2) is 0 Å². The summed E-state index contributed by atoms with van der Waals surface area (Å²) in [6.07, 6.45) is 3.35. The predicted molar refractivity (Wildman–Crippen MR) is 80.1 cm³/mol. The average molecular weight is 270 g/mol. The molecule has 0 fully saturated rings. The molecule has 1 aromatic heterocycles. The van der Waals surface area contributed by atoms with Crippen molar-refractivity contribution in [3.63, 3.8) is 0 Å². The van der Waals surface area contributed by atoms with Gasteiger partial charge in [0.05, 0.1) is 13.1 Å². The van der Waals surface area contributed by atoms with Gasteiger partial charge in [-0.1, -0.05) is 6.92 Å². The Morgan fingerprint density at radius 2 is 2.22 bits per heavy atom. The van der Waals surface area contributed by atoms with Crippen molar-refractivity contribution in [3.8, 4) is 0 Å². The molecule has 1 N–H and O–H groups in total. The van der Waals surface area contributed by atoms with Gasteiger partial charge in [0.1, 0.15) is 11.5 Å². The van der Waals surface area contributed by atoms with Crippen molar-refractivity contribution < 1.29 is 4.42 Å². The van der Waals surface area contributed by atoms with Crippen LogP contribution in [-0.2, 0) is 13.1 Å². The van der Waals surface area contributed by atoms with Crippen molar-refractivity contribution in [3.05, 3.63) is 23.2 Å². The average Bonchev–Trinajstić information content (AvgIpc) is 2.67. The highest BCUT2D eigenvalue weighted by molar-refractivity contribution is 7.98. The minimum atomic E-state index is 0.623. The fraction of sp³-hybridized carbons (Fsp3) is 0.714. The quantitative estimate of drug-likeness (QED) is 0.786. The Morgan fingerprint density at radius 3 is 2.78 bits per heavy atom. The maximum absolute atomic E-state index is 5.89. The molecule has 1 unspecified atom stereocenters. The summed E-state index contributed by atoms with van der Waals surface area (Å²) in [5.41, 5.74) is 1.24. The summed E-state index contributed by atoms with van der Waals surface area (Å²) < 4.78 is 5.89. The van der Waals surface area contributed by atoms with Gasteiger partial charge in [0.15, 0.2) is 0 Å². The van der Waals surface area contributed by atoms with E-state index in [1.807, 2.05) is 18.8 Å². The van der Waals surface area contributed by atoms with Crippen LogP contribution in [0.4, 0.5) is 0 Å². The van der Waals surface area contributed by atoms with Crippen LogP contribution in [0.2, 0.25) is 0 Å². The highest BCUT2D eigenvalue weighted by atomic mass is 32.2. The first-order valence-electron chi connectivity index (χ1n) is 6.54. The van der Waals surface area contributed by atoms with E-state index in [0.717, 1.165) is 24.6 Å². The van der Waals surface area contributed by atoms with E-state index in [4.69, 9.17) is 4.42 Å². The molecule has 0 aliphatic carbocycles. The molecule has 0 saturated heterocycles. The van der Waals surface area contributed by atoms with Crippen LogP contribution in [0.15, 0.2) is 10.5 Å². The molecule has 18 heavy (non-hydrogen) atoms. The lowest BCUT2D eigenvalue weighted by molar-refractivity contribution is 0.226. The van der Waals surface area contributed by atoms with Gasteiger partial charge in [-0.05, 0) is 45.3 Å². The zero-order valence-corrected chi connectivity index (χ0v) is 13.1. The largest absolute Gasteiger partial charge is 0.463 e. The first-order chi connectivity index (χ1) is 8.62. The standard InChI is InChI=1S/C14H26N2OS/c1-6-12(10-18-5)16(4)9-13-7-11(2)14(17-13)8-15-3/h7,12,15H,6,8-10H2,1-5H3. The zero-order valence-electron chi connectivity index (χ0n) is 12.2. The molecule has 0 amide bonds. The lowest BCUT2D eigenvalue weighted by atomic mass is 10.2. The van der Waals surface area contributed by atoms with Crippen molar-refractivity contribution in [2.75, 3.05) is 26.1 Å². The molecule has 0 aliphatic rings. The van der Waals surface area contributed by atoms with E-state index in [2.05, 4.69) is 43.4 Å². The highest BCUT2D eigenvalue weighted by Gasteiger charge is 2.15. The molecule has 1 heterocycles. The first-order valence-corrected chi connectivity index (χ1v) is 7.93. The SMILES string of the molecule is CCC(CSC)N(C)Cc1cc(C)c(CNC)o1. The molecule has 0 bridgehead atoms. The second-order valence-electron chi connectivity index (χ2n) is 4.78. The van der Waals surface area contributed by atoms with Crippen molar-refractivity contribution >= 4 is 11.8 Å². The third kappa shape index (κ3) is 4.34. The number of thioether (sulfide) groups is 1. The summed E-state index contributed by atoms with van der Waals surface area (Å²) in [7, 11) is 4.12. The topological polar surface area (TPSA) is 28.4 Å². The Labute approximate surface area is 115 Å². The minimum Gasteiger partial charge on any atom is -0.463 e. The summed E-state index contributed by atoms with van der Waals surface area (Å²) in [5, 5.41) is 3.14. The molecular formula is C14H26N2OS. The number of furan rings is 1. The fourth-order valence-corrected chi connectivity index (χ4v) is 3.00. The van der Waals surface area contributed by atoms with E-state index in [9.17, 15) is 0 Å². The van der Waals surface area contributed by atoms with Gasteiger partial charge < -0.3 is 9.73 Å². The van der Waals surface area contributed by atoms with Crippen LogP contribution in [-0.4, -0.2) is 37.0 Å². The Balaban J connectivity index is 2.63. The van der Waals surface area contributed by atoms with Crippen LogP contribution in [0.3, 0.4) is 0 Å². The van der Waals surface area contributed by atoms with Crippen LogP contribution in [0.1, 0.15) is 30.4 Å². The summed E-state index contributed by atoms with van der Waals surface area (Å²) >= 11 is 1.91. The Kier molecular flexibility index (Phi) is 6.82. The summed E-state index contributed by atoms with van der Waals surface area (Å²) in [5.74, 6) is 3.30. The molecule has 1 atom stereocenters. The lowest BCUT2D eigenvalue weighted by Crippen LogP contribution is -2.32. The van der Waals surface area contributed by atoms with Crippen molar-refractivity contribution in [1.82, 2.24) is 10.2 Å². The van der Waals surface area contributed by atoms with E-state index in [-0.39, 0.29) is 0 Å². The molecular weight excluding hydrogens is 244 g/mol. The van der Waals surface area contributed by atoms with Gasteiger partial charge in [-0.3, -0.25) is 4.90 Å². The fourth-order valence-electron chi connectivity index (χ4n) is 2.13. The predicted octanol–water partition coefficient (Wildman–Crippen LogP) is 2.88. The van der Waals surface area contributed by atoms with Crippen LogP contribution in [0.5, 0.6) is 0 Å². The third-order valence-corrected chi connectivity index (χ3v) is 3.99. The number of aryl methyl sites for hydroxylation is 1. The van der Waals surface area contributed by atoms with Gasteiger partial charge in [0.25, 0.3) is 0 Å². The van der Waals surface area contributed by atoms with Gasteiger partial charge in [0.2, 0.25) is 0 Å². The molecule has 0 radical (unpaired) electrons. The second kappa shape index (κ2) is 7.87. The van der Waals surface area contributed by atoms with Crippen LogP contribution < -0.4 is 5.32 Å². The lowest BCUT2D eigenvalue weighted by Gasteiger charge is -2.25. The molecule has 0 aromatic carbocycles. The van der Waals surface area contributed by atoms with Crippen molar-refractivity contribution in [2.45, 2.75) is 39.4 Å². The Bertz CT molecular complexity index is 352. The molecule has 0 aliphatic heterocycles. The normalized spacial score (nSPS) is 13.2. The second-order valence-corrected chi connectivity index (χ2v) is 5.69. The minimum absolute atomic E-state index is 0.623. The number of nitrogens with zero attached hydrogens (tertiary/aromatic N) is 1. The summed E-state index contributed by atoms with van der Waals surface area (Å²) in [4.78, 5) is 2.39. The Hall–Kier alpha value is -0.450.